The van der Waals surface area contributed by atoms with Gasteiger partial charge in [-0.05, 0) is 87.3 Å². The van der Waals surface area contributed by atoms with Gasteiger partial charge in [0.25, 0.3) is 0 Å². The summed E-state index contributed by atoms with van der Waals surface area (Å²) in [7, 11) is 0. The summed E-state index contributed by atoms with van der Waals surface area (Å²) in [4.78, 5) is 15.7. The molecule has 1 aromatic heterocycles. The van der Waals surface area contributed by atoms with Gasteiger partial charge in [-0.25, -0.2) is 9.98 Å². The highest BCUT2D eigenvalue weighted by Gasteiger charge is 2.20. The van der Waals surface area contributed by atoms with Gasteiger partial charge in [-0.1, -0.05) is 72.8 Å². The number of hydrogen-bond donors (Lipinski definition) is 0. The average molecular weight is 472 g/mol. The van der Waals surface area contributed by atoms with Gasteiger partial charge in [-0.15, -0.1) is 0 Å². The molecule has 180 valence electrons. The fraction of sp³-hybridized carbons (Fsp3) is 0.242. The number of aromatic nitrogens is 1. The number of benzene rings is 3. The highest BCUT2D eigenvalue weighted by Crippen LogP contribution is 2.29. The first-order valence-corrected chi connectivity index (χ1v) is 12.9. The Hall–Kier alpha value is -3.85. The van der Waals surface area contributed by atoms with Crippen LogP contribution in [0.2, 0.25) is 0 Å². The third-order valence-corrected chi connectivity index (χ3v) is 7.00. The summed E-state index contributed by atoms with van der Waals surface area (Å²) in [6.45, 7) is 8.51. The quantitative estimate of drug-likeness (QED) is 0.218. The first kappa shape index (κ1) is 23.9. The van der Waals surface area contributed by atoms with Crippen LogP contribution in [0.4, 0.5) is 11.4 Å². The van der Waals surface area contributed by atoms with Crippen molar-refractivity contribution in [2.24, 2.45) is 9.98 Å². The number of para-hydroxylation sites is 2. The van der Waals surface area contributed by atoms with Crippen molar-refractivity contribution in [3.05, 3.63) is 124 Å². The zero-order valence-electron chi connectivity index (χ0n) is 21.7. The van der Waals surface area contributed by atoms with Crippen LogP contribution in [0.25, 0.3) is 0 Å². The molecule has 0 bridgehead atoms. The molecule has 0 fully saturated rings. The first-order chi connectivity index (χ1) is 17.5. The average Bonchev–Trinajstić information content (AvgIpc) is 3.08. The van der Waals surface area contributed by atoms with Gasteiger partial charge in [0.15, 0.2) is 0 Å². The maximum Gasteiger partial charge on any atom is 0.0966 e. The van der Waals surface area contributed by atoms with Gasteiger partial charge in [-0.2, -0.15) is 0 Å². The number of pyridine rings is 1. The molecule has 0 atom stereocenters. The zero-order chi connectivity index (χ0) is 25.1. The third kappa shape index (κ3) is 4.92. The van der Waals surface area contributed by atoms with E-state index in [1.165, 1.54) is 16.7 Å². The Kier molecular flexibility index (Phi) is 6.90. The Morgan fingerprint density at radius 2 is 1.25 bits per heavy atom. The van der Waals surface area contributed by atoms with E-state index in [0.717, 1.165) is 76.6 Å². The molecule has 0 radical (unpaired) electrons. The van der Waals surface area contributed by atoms with Gasteiger partial charge >= 0.3 is 0 Å². The van der Waals surface area contributed by atoms with E-state index < -0.39 is 0 Å². The van der Waals surface area contributed by atoms with E-state index in [9.17, 15) is 0 Å². The Morgan fingerprint density at radius 3 is 1.92 bits per heavy atom. The van der Waals surface area contributed by atoms with Crippen molar-refractivity contribution in [2.45, 2.75) is 53.4 Å². The van der Waals surface area contributed by atoms with Crippen molar-refractivity contribution in [1.82, 2.24) is 4.98 Å². The van der Waals surface area contributed by atoms with E-state index in [4.69, 9.17) is 15.0 Å². The lowest BCUT2D eigenvalue weighted by molar-refractivity contribution is 0.775. The van der Waals surface area contributed by atoms with Crippen LogP contribution in [-0.4, -0.2) is 16.4 Å². The number of aliphatic imine (C=N–C) groups is 2. The van der Waals surface area contributed by atoms with E-state index >= 15 is 0 Å². The number of aryl methyl sites for hydroxylation is 5. The summed E-state index contributed by atoms with van der Waals surface area (Å²) in [5.41, 5.74) is 13.0. The topological polar surface area (TPSA) is 37.6 Å². The van der Waals surface area contributed by atoms with Crippen LogP contribution in [0.1, 0.15) is 64.0 Å². The lowest BCUT2D eigenvalue weighted by Crippen LogP contribution is -2.12. The van der Waals surface area contributed by atoms with Gasteiger partial charge in [0.1, 0.15) is 0 Å². The minimum atomic E-state index is 0.888. The van der Waals surface area contributed by atoms with Gasteiger partial charge in [0, 0.05) is 5.56 Å². The molecule has 0 saturated heterocycles. The van der Waals surface area contributed by atoms with E-state index in [2.05, 4.69) is 100 Å². The van der Waals surface area contributed by atoms with Crippen molar-refractivity contribution in [3.8, 4) is 0 Å². The second kappa shape index (κ2) is 10.4. The van der Waals surface area contributed by atoms with Crippen LogP contribution >= 0.6 is 0 Å². The maximum absolute atomic E-state index is 5.28. The molecule has 0 amide bonds. The lowest BCUT2D eigenvalue weighted by Gasteiger charge is -2.14. The number of fused-ring (bicyclic) bond motifs is 1. The van der Waals surface area contributed by atoms with E-state index in [1.807, 2.05) is 6.07 Å². The standard InChI is InChI=1S/C33H33N3/c1-22-12-10-13-23(2)30(22)34-28-19-9-8-18-27-20-21-29(35-32(27)28)33(26-16-6-5-7-17-26)36-31-24(3)14-11-15-25(31)4/h5-7,10-17,20-21H,8-9,18-19H2,1-4H3. The molecule has 5 rings (SSSR count). The summed E-state index contributed by atoms with van der Waals surface area (Å²) in [6.07, 6.45) is 4.24. The summed E-state index contributed by atoms with van der Waals surface area (Å²) in [5.74, 6) is 0. The predicted molar refractivity (Wildman–Crippen MR) is 152 cm³/mol. The van der Waals surface area contributed by atoms with Crippen molar-refractivity contribution in [1.29, 1.82) is 0 Å². The summed E-state index contributed by atoms with van der Waals surface area (Å²) >= 11 is 0. The van der Waals surface area contributed by atoms with Crippen molar-refractivity contribution < 1.29 is 0 Å². The Bertz CT molecular complexity index is 1420. The molecular weight excluding hydrogens is 438 g/mol. The second-order valence-electron chi connectivity index (χ2n) is 9.78. The molecule has 36 heavy (non-hydrogen) atoms. The van der Waals surface area contributed by atoms with Crippen molar-refractivity contribution >= 4 is 22.8 Å². The third-order valence-electron chi connectivity index (χ3n) is 7.00. The minimum Gasteiger partial charge on any atom is -0.251 e. The summed E-state index contributed by atoms with van der Waals surface area (Å²) in [6, 6.07) is 27.5. The number of nitrogens with zero attached hydrogens (tertiary/aromatic N) is 3. The van der Waals surface area contributed by atoms with E-state index in [0.29, 0.717) is 0 Å². The van der Waals surface area contributed by atoms with E-state index in [-0.39, 0.29) is 0 Å². The molecule has 0 spiro atoms. The molecule has 0 unspecified atom stereocenters. The van der Waals surface area contributed by atoms with Crippen LogP contribution < -0.4 is 0 Å². The van der Waals surface area contributed by atoms with E-state index in [1.54, 1.807) is 0 Å². The van der Waals surface area contributed by atoms with Crippen molar-refractivity contribution in [2.75, 3.05) is 0 Å². The van der Waals surface area contributed by atoms with Crippen LogP contribution in [0, 0.1) is 27.7 Å². The maximum atomic E-state index is 5.28. The lowest BCUT2D eigenvalue weighted by atomic mass is 10.0. The number of rotatable bonds is 4. The summed E-state index contributed by atoms with van der Waals surface area (Å²) < 4.78 is 0. The molecule has 0 N–H and O–H groups in total. The second-order valence-corrected chi connectivity index (χ2v) is 9.78. The number of hydrogen-bond acceptors (Lipinski definition) is 3. The fourth-order valence-corrected chi connectivity index (χ4v) is 4.98. The van der Waals surface area contributed by atoms with Gasteiger partial charge in [0.2, 0.25) is 0 Å². The Labute approximate surface area is 214 Å². The normalized spacial score (nSPS) is 15.0. The van der Waals surface area contributed by atoms with Crippen LogP contribution in [-0.2, 0) is 6.42 Å². The van der Waals surface area contributed by atoms with Gasteiger partial charge < -0.3 is 0 Å². The molecule has 1 aliphatic carbocycles. The molecule has 3 aromatic carbocycles. The molecular formula is C33H33N3. The zero-order valence-corrected chi connectivity index (χ0v) is 21.7. The predicted octanol–water partition coefficient (Wildman–Crippen LogP) is 8.33. The molecule has 0 aliphatic heterocycles. The van der Waals surface area contributed by atoms with Crippen LogP contribution in [0.3, 0.4) is 0 Å². The van der Waals surface area contributed by atoms with Crippen LogP contribution in [0.15, 0.2) is 88.8 Å². The molecule has 3 nitrogen and oxygen atoms in total. The highest BCUT2D eigenvalue weighted by molar-refractivity contribution is 6.14. The molecule has 4 aromatic rings. The molecule has 3 heteroatoms. The minimum absolute atomic E-state index is 0.888. The monoisotopic (exact) mass is 471 g/mol. The Morgan fingerprint density at radius 1 is 0.639 bits per heavy atom. The van der Waals surface area contributed by atoms with Crippen molar-refractivity contribution in [3.63, 3.8) is 0 Å². The first-order valence-electron chi connectivity index (χ1n) is 12.9. The SMILES string of the molecule is Cc1cccc(C)c1N=C(c1ccccc1)c1ccc2c(n1)C(=Nc1c(C)cccc1C)CCCC2. The molecule has 1 heterocycles. The van der Waals surface area contributed by atoms with Crippen LogP contribution in [0.5, 0.6) is 0 Å². The molecule has 1 aliphatic rings. The highest BCUT2D eigenvalue weighted by atomic mass is 14.9. The molecule has 0 saturated carbocycles. The van der Waals surface area contributed by atoms with Gasteiger partial charge in [-0.3, -0.25) is 4.99 Å². The Balaban J connectivity index is 1.70. The smallest absolute Gasteiger partial charge is 0.0966 e. The largest absolute Gasteiger partial charge is 0.251 e. The fourth-order valence-electron chi connectivity index (χ4n) is 4.98. The van der Waals surface area contributed by atoms with Gasteiger partial charge in [0.05, 0.1) is 34.2 Å². The summed E-state index contributed by atoms with van der Waals surface area (Å²) in [5, 5.41) is 0.